The molecule has 17 heavy (non-hydrogen) atoms. The Hall–Kier alpha value is -0.900. The van der Waals surface area contributed by atoms with E-state index in [1.165, 1.54) is 11.1 Å². The molecule has 0 amide bonds. The smallest absolute Gasteiger partial charge is 0.0820 e. The highest BCUT2D eigenvalue weighted by molar-refractivity contribution is 5.28. The van der Waals surface area contributed by atoms with Crippen molar-refractivity contribution >= 4 is 0 Å². The van der Waals surface area contributed by atoms with E-state index in [4.69, 9.17) is 10.5 Å². The van der Waals surface area contributed by atoms with Crippen molar-refractivity contribution < 1.29 is 4.74 Å². The maximum absolute atomic E-state index is 5.67. The van der Waals surface area contributed by atoms with Gasteiger partial charge in [-0.3, -0.25) is 0 Å². The Morgan fingerprint density at radius 3 is 2.29 bits per heavy atom. The molecule has 0 saturated heterocycles. The molecule has 2 rings (SSSR count). The first-order chi connectivity index (χ1) is 8.33. The molecule has 94 valence electrons. The van der Waals surface area contributed by atoms with E-state index in [2.05, 4.69) is 29.2 Å². The van der Waals surface area contributed by atoms with Crippen LogP contribution in [0.4, 0.5) is 0 Å². The third-order valence-electron chi connectivity index (χ3n) is 3.57. The van der Waals surface area contributed by atoms with Gasteiger partial charge in [-0.15, -0.1) is 0 Å². The highest BCUT2D eigenvalue weighted by atomic mass is 16.5. The number of hydrogen-bond acceptors (Lipinski definition) is 3. The van der Waals surface area contributed by atoms with Crippen LogP contribution >= 0.6 is 0 Å². The first-order valence-corrected chi connectivity index (χ1v) is 6.35. The van der Waals surface area contributed by atoms with Gasteiger partial charge >= 0.3 is 0 Å². The summed E-state index contributed by atoms with van der Waals surface area (Å²) in [6.07, 6.45) is 2.44. The third kappa shape index (κ3) is 3.28. The zero-order valence-corrected chi connectivity index (χ0v) is 10.6. The van der Waals surface area contributed by atoms with Crippen LogP contribution < -0.4 is 5.73 Å². The maximum Gasteiger partial charge on any atom is 0.0820 e. The standard InChI is InChI=1S/C14H22N2O/c1-17-14(10-15)11-16-8-6-12-4-2-3-5-13(12)7-9-16/h2-5,14H,6-11,15H2,1H3. The van der Waals surface area contributed by atoms with E-state index in [0.717, 1.165) is 32.5 Å². The highest BCUT2D eigenvalue weighted by Crippen LogP contribution is 2.15. The molecule has 0 saturated carbocycles. The lowest BCUT2D eigenvalue weighted by Gasteiger charge is -2.24. The van der Waals surface area contributed by atoms with Crippen LogP contribution in [0, 0.1) is 0 Å². The zero-order chi connectivity index (χ0) is 12.1. The average Bonchev–Trinajstić information content (AvgIpc) is 2.58. The lowest BCUT2D eigenvalue weighted by atomic mass is 10.0. The van der Waals surface area contributed by atoms with Crippen molar-refractivity contribution in [3.8, 4) is 0 Å². The second-order valence-electron chi connectivity index (χ2n) is 4.66. The molecule has 1 aromatic rings. The number of ether oxygens (including phenoxy) is 1. The van der Waals surface area contributed by atoms with Gasteiger partial charge in [0, 0.05) is 33.3 Å². The molecule has 3 heteroatoms. The number of methoxy groups -OCH3 is 1. The van der Waals surface area contributed by atoms with Crippen molar-refractivity contribution in [1.29, 1.82) is 0 Å². The van der Waals surface area contributed by atoms with Crippen molar-refractivity contribution in [2.75, 3.05) is 33.3 Å². The Morgan fingerprint density at radius 2 is 1.82 bits per heavy atom. The van der Waals surface area contributed by atoms with Crippen LogP contribution in [-0.2, 0) is 17.6 Å². The van der Waals surface area contributed by atoms with Crippen molar-refractivity contribution in [3.63, 3.8) is 0 Å². The van der Waals surface area contributed by atoms with Crippen LogP contribution in [-0.4, -0.2) is 44.3 Å². The second kappa shape index (κ2) is 6.15. The van der Waals surface area contributed by atoms with E-state index in [0.29, 0.717) is 6.54 Å². The first kappa shape index (κ1) is 12.6. The highest BCUT2D eigenvalue weighted by Gasteiger charge is 2.16. The fourth-order valence-electron chi connectivity index (χ4n) is 2.43. The number of nitrogens with zero attached hydrogens (tertiary/aromatic N) is 1. The zero-order valence-electron chi connectivity index (χ0n) is 10.6. The quantitative estimate of drug-likeness (QED) is 0.846. The van der Waals surface area contributed by atoms with E-state index in [1.807, 2.05) is 0 Å². The minimum Gasteiger partial charge on any atom is -0.379 e. The number of benzene rings is 1. The summed E-state index contributed by atoms with van der Waals surface area (Å²) >= 11 is 0. The van der Waals surface area contributed by atoms with Gasteiger partial charge in [0.1, 0.15) is 0 Å². The largest absolute Gasteiger partial charge is 0.379 e. The Morgan fingerprint density at radius 1 is 1.24 bits per heavy atom. The normalized spacial score (nSPS) is 18.5. The fraction of sp³-hybridized carbons (Fsp3) is 0.571. The molecular formula is C14H22N2O. The topological polar surface area (TPSA) is 38.5 Å². The summed E-state index contributed by atoms with van der Waals surface area (Å²) in [6.45, 7) is 3.76. The monoisotopic (exact) mass is 234 g/mol. The molecule has 3 nitrogen and oxygen atoms in total. The summed E-state index contributed by atoms with van der Waals surface area (Å²) in [7, 11) is 1.74. The molecule has 1 aliphatic rings. The van der Waals surface area contributed by atoms with Crippen LogP contribution in [0.3, 0.4) is 0 Å². The van der Waals surface area contributed by atoms with Gasteiger partial charge < -0.3 is 15.4 Å². The lowest BCUT2D eigenvalue weighted by Crippen LogP contribution is -2.39. The summed E-state index contributed by atoms with van der Waals surface area (Å²) in [5.41, 5.74) is 8.67. The lowest BCUT2D eigenvalue weighted by molar-refractivity contribution is 0.0713. The van der Waals surface area contributed by atoms with Crippen molar-refractivity contribution in [2.24, 2.45) is 5.73 Å². The average molecular weight is 234 g/mol. The minimum atomic E-state index is 0.163. The van der Waals surface area contributed by atoms with E-state index in [1.54, 1.807) is 7.11 Å². The van der Waals surface area contributed by atoms with Crippen LogP contribution in [0.25, 0.3) is 0 Å². The van der Waals surface area contributed by atoms with E-state index in [-0.39, 0.29) is 6.10 Å². The Balaban J connectivity index is 1.95. The molecule has 1 heterocycles. The maximum atomic E-state index is 5.67. The fourth-order valence-corrected chi connectivity index (χ4v) is 2.43. The molecule has 1 unspecified atom stereocenters. The van der Waals surface area contributed by atoms with Crippen LogP contribution in [0.15, 0.2) is 24.3 Å². The Kier molecular flexibility index (Phi) is 4.54. The van der Waals surface area contributed by atoms with Gasteiger partial charge in [0.15, 0.2) is 0 Å². The molecular weight excluding hydrogens is 212 g/mol. The van der Waals surface area contributed by atoms with Gasteiger partial charge in [-0.2, -0.15) is 0 Å². The minimum absolute atomic E-state index is 0.163. The van der Waals surface area contributed by atoms with Crippen molar-refractivity contribution in [1.82, 2.24) is 4.90 Å². The third-order valence-corrected chi connectivity index (χ3v) is 3.57. The first-order valence-electron chi connectivity index (χ1n) is 6.35. The number of fused-ring (bicyclic) bond motifs is 1. The van der Waals surface area contributed by atoms with E-state index >= 15 is 0 Å². The van der Waals surface area contributed by atoms with Gasteiger partial charge in [-0.1, -0.05) is 24.3 Å². The Bertz CT molecular complexity index is 323. The molecule has 0 spiro atoms. The molecule has 0 aromatic heterocycles. The number of hydrogen-bond donors (Lipinski definition) is 1. The number of rotatable bonds is 4. The van der Waals surface area contributed by atoms with E-state index in [9.17, 15) is 0 Å². The van der Waals surface area contributed by atoms with E-state index < -0.39 is 0 Å². The van der Waals surface area contributed by atoms with Crippen LogP contribution in [0.1, 0.15) is 11.1 Å². The summed E-state index contributed by atoms with van der Waals surface area (Å²) in [4.78, 5) is 2.46. The second-order valence-corrected chi connectivity index (χ2v) is 4.66. The molecule has 0 radical (unpaired) electrons. The molecule has 2 N–H and O–H groups in total. The molecule has 0 fully saturated rings. The van der Waals surface area contributed by atoms with Crippen molar-refractivity contribution in [2.45, 2.75) is 18.9 Å². The van der Waals surface area contributed by atoms with Gasteiger partial charge in [-0.25, -0.2) is 0 Å². The SMILES string of the molecule is COC(CN)CN1CCc2ccccc2CC1. The van der Waals surface area contributed by atoms with Gasteiger partial charge in [0.25, 0.3) is 0 Å². The molecule has 0 aliphatic carbocycles. The number of nitrogens with two attached hydrogens (primary N) is 1. The van der Waals surface area contributed by atoms with Gasteiger partial charge in [-0.05, 0) is 24.0 Å². The summed E-state index contributed by atoms with van der Waals surface area (Å²) in [6, 6.07) is 8.75. The molecule has 0 bridgehead atoms. The summed E-state index contributed by atoms with van der Waals surface area (Å²) in [5, 5.41) is 0. The molecule has 1 aromatic carbocycles. The van der Waals surface area contributed by atoms with Gasteiger partial charge in [0.2, 0.25) is 0 Å². The summed E-state index contributed by atoms with van der Waals surface area (Å²) in [5.74, 6) is 0. The Labute approximate surface area is 104 Å². The van der Waals surface area contributed by atoms with Gasteiger partial charge in [0.05, 0.1) is 6.10 Å². The molecule has 1 aliphatic heterocycles. The molecule has 1 atom stereocenters. The predicted octanol–water partition coefficient (Wildman–Crippen LogP) is 1.06. The predicted molar refractivity (Wildman–Crippen MR) is 70.1 cm³/mol. The van der Waals surface area contributed by atoms with Crippen molar-refractivity contribution in [3.05, 3.63) is 35.4 Å². The van der Waals surface area contributed by atoms with Crippen LogP contribution in [0.2, 0.25) is 0 Å². The van der Waals surface area contributed by atoms with Crippen LogP contribution in [0.5, 0.6) is 0 Å². The summed E-state index contributed by atoms with van der Waals surface area (Å²) < 4.78 is 5.35.